The third-order valence-electron chi connectivity index (χ3n) is 5.02. The standard InChI is InChI=1S/C21H42N8O6/c1-12(2)10-15(28-17(31)13(23)6-3-4-8-22)18(32)29-16(11-30)19(33)27-14(20(34)35)7-5-9-26-21(24)25/h12-16,30H,3-11,22-23H2,1-2H3,(H,27,33)(H,28,31)(H,29,32)(H,34,35)(H4,24,25,26). The maximum atomic E-state index is 12.8. The van der Waals surface area contributed by atoms with Crippen LogP contribution in [0.2, 0.25) is 0 Å². The lowest BCUT2D eigenvalue weighted by atomic mass is 10.0. The summed E-state index contributed by atoms with van der Waals surface area (Å²) in [7, 11) is 0. The summed E-state index contributed by atoms with van der Waals surface area (Å²) in [6.07, 6.45) is 2.35. The summed E-state index contributed by atoms with van der Waals surface area (Å²) in [6, 6.07) is -4.52. The number of nitrogens with two attached hydrogens (primary N) is 4. The second-order valence-electron chi connectivity index (χ2n) is 8.67. The molecule has 0 aromatic carbocycles. The number of aliphatic imine (C=N–C) groups is 1. The number of carboxylic acids is 1. The van der Waals surface area contributed by atoms with Crippen LogP contribution in [0.4, 0.5) is 0 Å². The van der Waals surface area contributed by atoms with E-state index in [1.807, 2.05) is 13.8 Å². The van der Waals surface area contributed by atoms with Crippen molar-refractivity contribution in [3.63, 3.8) is 0 Å². The molecule has 0 aliphatic rings. The highest BCUT2D eigenvalue weighted by Crippen LogP contribution is 2.07. The van der Waals surface area contributed by atoms with Crippen molar-refractivity contribution in [2.24, 2.45) is 33.8 Å². The molecule has 14 nitrogen and oxygen atoms in total. The van der Waals surface area contributed by atoms with E-state index in [0.29, 0.717) is 19.4 Å². The first kappa shape index (κ1) is 32.0. The highest BCUT2D eigenvalue weighted by Gasteiger charge is 2.30. The molecule has 0 rings (SSSR count). The SMILES string of the molecule is CC(C)CC(NC(=O)C(N)CCCCN)C(=O)NC(CO)C(=O)NC(CCCN=C(N)N)C(=O)O. The van der Waals surface area contributed by atoms with Crippen LogP contribution in [0.15, 0.2) is 4.99 Å². The van der Waals surface area contributed by atoms with Crippen molar-refractivity contribution in [1.82, 2.24) is 16.0 Å². The normalized spacial score (nSPS) is 14.3. The maximum Gasteiger partial charge on any atom is 0.326 e. The van der Waals surface area contributed by atoms with Crippen molar-refractivity contribution in [3.8, 4) is 0 Å². The molecule has 0 saturated heterocycles. The Bertz CT molecular complexity index is 714. The number of aliphatic hydroxyl groups is 1. The zero-order valence-electron chi connectivity index (χ0n) is 20.5. The van der Waals surface area contributed by atoms with Gasteiger partial charge in [0.2, 0.25) is 17.7 Å². The van der Waals surface area contributed by atoms with E-state index in [-0.39, 0.29) is 37.7 Å². The molecule has 0 aliphatic heterocycles. The van der Waals surface area contributed by atoms with Gasteiger partial charge in [-0.2, -0.15) is 0 Å². The van der Waals surface area contributed by atoms with Crippen LogP contribution in [0.3, 0.4) is 0 Å². The number of hydrogen-bond acceptors (Lipinski definition) is 8. The number of nitrogens with one attached hydrogen (secondary N) is 3. The number of hydrogen-bond donors (Lipinski definition) is 9. The van der Waals surface area contributed by atoms with E-state index in [1.165, 1.54) is 0 Å². The fraction of sp³-hybridized carbons (Fsp3) is 0.762. The second-order valence-corrected chi connectivity index (χ2v) is 8.67. The molecule has 0 aliphatic carbocycles. The van der Waals surface area contributed by atoms with Crippen LogP contribution in [0, 0.1) is 5.92 Å². The molecule has 13 N–H and O–H groups in total. The van der Waals surface area contributed by atoms with Gasteiger partial charge in [0.25, 0.3) is 0 Å². The number of carbonyl (C=O) groups excluding carboxylic acids is 3. The number of rotatable bonds is 18. The predicted octanol–water partition coefficient (Wildman–Crippen LogP) is -2.93. The van der Waals surface area contributed by atoms with Crippen molar-refractivity contribution in [3.05, 3.63) is 0 Å². The zero-order chi connectivity index (χ0) is 27.0. The van der Waals surface area contributed by atoms with Crippen molar-refractivity contribution < 1.29 is 29.4 Å². The Balaban J connectivity index is 5.14. The Labute approximate surface area is 205 Å². The summed E-state index contributed by atoms with van der Waals surface area (Å²) in [5.74, 6) is -3.51. The molecule has 0 fully saturated rings. The Hall–Kier alpha value is -2.97. The van der Waals surface area contributed by atoms with E-state index in [9.17, 15) is 29.4 Å². The van der Waals surface area contributed by atoms with Crippen LogP contribution in [0.1, 0.15) is 52.4 Å². The minimum atomic E-state index is -1.42. The molecular formula is C21H42N8O6. The monoisotopic (exact) mass is 502 g/mol. The lowest BCUT2D eigenvalue weighted by Gasteiger charge is -2.25. The summed E-state index contributed by atoms with van der Waals surface area (Å²) >= 11 is 0. The van der Waals surface area contributed by atoms with Gasteiger partial charge >= 0.3 is 5.97 Å². The highest BCUT2D eigenvalue weighted by molar-refractivity contribution is 5.94. The van der Waals surface area contributed by atoms with Gasteiger partial charge in [-0.1, -0.05) is 20.3 Å². The third kappa shape index (κ3) is 14.1. The fourth-order valence-corrected chi connectivity index (χ4v) is 3.12. The molecule has 0 bridgehead atoms. The van der Waals surface area contributed by atoms with E-state index >= 15 is 0 Å². The van der Waals surface area contributed by atoms with Gasteiger partial charge in [-0.25, -0.2) is 4.79 Å². The third-order valence-corrected chi connectivity index (χ3v) is 5.02. The fourth-order valence-electron chi connectivity index (χ4n) is 3.12. The van der Waals surface area contributed by atoms with Gasteiger partial charge in [0.15, 0.2) is 5.96 Å². The first-order chi connectivity index (χ1) is 16.4. The molecule has 0 heterocycles. The van der Waals surface area contributed by atoms with Crippen molar-refractivity contribution in [1.29, 1.82) is 0 Å². The minimum Gasteiger partial charge on any atom is -0.480 e. The number of aliphatic carboxylic acids is 1. The van der Waals surface area contributed by atoms with E-state index in [2.05, 4.69) is 20.9 Å². The smallest absolute Gasteiger partial charge is 0.326 e. The summed E-state index contributed by atoms with van der Waals surface area (Å²) < 4.78 is 0. The number of guanidine groups is 1. The predicted molar refractivity (Wildman–Crippen MR) is 131 cm³/mol. The molecule has 4 atom stereocenters. The molecule has 0 aromatic rings. The van der Waals surface area contributed by atoms with Crippen LogP contribution in [-0.4, -0.2) is 83.7 Å². The van der Waals surface area contributed by atoms with E-state index in [0.717, 1.165) is 6.42 Å². The minimum absolute atomic E-state index is 0.0162. The Kier molecular flexibility index (Phi) is 16.0. The number of carbonyl (C=O) groups is 4. The van der Waals surface area contributed by atoms with Crippen LogP contribution < -0.4 is 38.9 Å². The van der Waals surface area contributed by atoms with E-state index in [4.69, 9.17) is 22.9 Å². The number of amides is 3. The van der Waals surface area contributed by atoms with Crippen LogP contribution >= 0.6 is 0 Å². The number of carboxylic acid groups (broad SMARTS) is 1. The lowest BCUT2D eigenvalue weighted by molar-refractivity contribution is -0.142. The molecule has 3 amide bonds. The Morgan fingerprint density at radius 2 is 1.43 bits per heavy atom. The summed E-state index contributed by atoms with van der Waals surface area (Å²) in [4.78, 5) is 53.1. The molecule has 0 spiro atoms. The van der Waals surface area contributed by atoms with Gasteiger partial charge in [0, 0.05) is 6.54 Å². The van der Waals surface area contributed by atoms with E-state index < -0.39 is 54.5 Å². The quantitative estimate of drug-likeness (QED) is 0.0523. The molecule has 4 unspecified atom stereocenters. The van der Waals surface area contributed by atoms with Crippen molar-refractivity contribution >= 4 is 29.7 Å². The van der Waals surface area contributed by atoms with E-state index in [1.54, 1.807) is 0 Å². The van der Waals surface area contributed by atoms with Gasteiger partial charge in [-0.3, -0.25) is 19.4 Å². The maximum absolute atomic E-state index is 12.8. The molecule has 0 aromatic heterocycles. The number of aliphatic hydroxyl groups excluding tert-OH is 1. The van der Waals surface area contributed by atoms with Crippen molar-refractivity contribution in [2.75, 3.05) is 19.7 Å². The molecule has 35 heavy (non-hydrogen) atoms. The topological polar surface area (TPSA) is 261 Å². The summed E-state index contributed by atoms with van der Waals surface area (Å²) in [5, 5.41) is 26.3. The average molecular weight is 503 g/mol. The summed E-state index contributed by atoms with van der Waals surface area (Å²) in [6.45, 7) is 3.58. The molecule has 0 radical (unpaired) electrons. The van der Waals surface area contributed by atoms with Crippen molar-refractivity contribution in [2.45, 2.75) is 76.5 Å². The second kappa shape index (κ2) is 17.5. The molecule has 0 saturated carbocycles. The molecule has 202 valence electrons. The number of unbranched alkanes of at least 4 members (excludes halogenated alkanes) is 1. The van der Waals surface area contributed by atoms with Gasteiger partial charge < -0.3 is 49.1 Å². The van der Waals surface area contributed by atoms with Crippen LogP contribution in [0.25, 0.3) is 0 Å². The first-order valence-electron chi connectivity index (χ1n) is 11.7. The van der Waals surface area contributed by atoms with Gasteiger partial charge in [-0.05, 0) is 44.6 Å². The van der Waals surface area contributed by atoms with Gasteiger partial charge in [0.05, 0.1) is 12.6 Å². The Morgan fingerprint density at radius 1 is 0.857 bits per heavy atom. The zero-order valence-corrected chi connectivity index (χ0v) is 20.5. The lowest BCUT2D eigenvalue weighted by Crippen LogP contribution is -2.58. The average Bonchev–Trinajstić information content (AvgIpc) is 2.77. The van der Waals surface area contributed by atoms with Crippen LogP contribution in [-0.2, 0) is 19.2 Å². The molecular weight excluding hydrogens is 460 g/mol. The Morgan fingerprint density at radius 3 is 1.94 bits per heavy atom. The molecule has 14 heteroatoms. The summed E-state index contributed by atoms with van der Waals surface area (Å²) in [5.41, 5.74) is 21.8. The number of nitrogens with zero attached hydrogens (tertiary/aromatic N) is 1. The first-order valence-corrected chi connectivity index (χ1v) is 11.7. The highest BCUT2D eigenvalue weighted by atomic mass is 16.4. The van der Waals surface area contributed by atoms with Gasteiger partial charge in [-0.15, -0.1) is 0 Å². The van der Waals surface area contributed by atoms with Crippen LogP contribution in [0.5, 0.6) is 0 Å². The van der Waals surface area contributed by atoms with Gasteiger partial charge in [0.1, 0.15) is 18.1 Å². The largest absolute Gasteiger partial charge is 0.480 e.